The molecular weight excluding hydrogens is 404 g/mol. The van der Waals surface area contributed by atoms with E-state index in [1.54, 1.807) is 60.4 Å². The van der Waals surface area contributed by atoms with Crippen LogP contribution in [0.1, 0.15) is 31.2 Å². The van der Waals surface area contributed by atoms with E-state index in [0.717, 1.165) is 18.4 Å². The van der Waals surface area contributed by atoms with Gasteiger partial charge in [-0.15, -0.1) is 10.2 Å². The van der Waals surface area contributed by atoms with Gasteiger partial charge in [0.15, 0.2) is 6.10 Å². The van der Waals surface area contributed by atoms with Gasteiger partial charge in [0.2, 0.25) is 11.8 Å². The van der Waals surface area contributed by atoms with Gasteiger partial charge in [-0.25, -0.2) is 0 Å². The van der Waals surface area contributed by atoms with Crippen LogP contribution in [0.25, 0.3) is 11.5 Å². The van der Waals surface area contributed by atoms with E-state index < -0.39 is 6.10 Å². The Kier molecular flexibility index (Phi) is 5.68. The lowest BCUT2D eigenvalue weighted by Gasteiger charge is -2.24. The lowest BCUT2D eigenvalue weighted by molar-refractivity contribution is -0.139. The number of amides is 1. The molecule has 1 fully saturated rings. The van der Waals surface area contributed by atoms with Gasteiger partial charge in [0.1, 0.15) is 5.75 Å². The minimum atomic E-state index is -0.710. The van der Waals surface area contributed by atoms with Crippen molar-refractivity contribution in [2.45, 2.75) is 38.5 Å². The second-order valence-corrected chi connectivity index (χ2v) is 7.54. The lowest BCUT2D eigenvalue weighted by atomic mass is 10.2. The van der Waals surface area contributed by atoms with Crippen molar-refractivity contribution >= 4 is 17.5 Å². The first-order valence-electron chi connectivity index (χ1n) is 9.59. The van der Waals surface area contributed by atoms with Crippen LogP contribution in [0.15, 0.2) is 52.9 Å². The fourth-order valence-electron chi connectivity index (χ4n) is 3.07. The number of halogens is 1. The number of benzene rings is 2. The monoisotopic (exact) mass is 422 g/mol. The van der Waals surface area contributed by atoms with Crippen LogP contribution in [-0.2, 0) is 11.3 Å². The van der Waals surface area contributed by atoms with Crippen LogP contribution in [0.5, 0.6) is 5.75 Å². The molecule has 7 nitrogen and oxygen atoms in total. The highest BCUT2D eigenvalue weighted by molar-refractivity contribution is 6.30. The molecule has 3 aromatic rings. The van der Waals surface area contributed by atoms with Gasteiger partial charge in [-0.05, 0) is 62.2 Å². The van der Waals surface area contributed by atoms with Gasteiger partial charge in [0, 0.05) is 16.6 Å². The Hall–Kier alpha value is -3.37. The van der Waals surface area contributed by atoms with Crippen LogP contribution in [0.4, 0.5) is 0 Å². The predicted molar refractivity (Wildman–Crippen MR) is 110 cm³/mol. The topological polar surface area (TPSA) is 92.2 Å². The minimum absolute atomic E-state index is 0.139. The standard InChI is InChI=1S/C22H19ClN4O3/c1-14(29-19-4-2-3-15(11-19)12-24)22(28)27(18-9-10-18)13-20-25-26-21(30-20)16-5-7-17(23)8-6-16/h2-8,11,14,18H,9-10,13H2,1H3. The maximum atomic E-state index is 13.0. The van der Waals surface area contributed by atoms with E-state index in [0.29, 0.717) is 28.1 Å². The molecule has 1 saturated carbocycles. The number of rotatable bonds is 7. The smallest absolute Gasteiger partial charge is 0.264 e. The van der Waals surface area contributed by atoms with E-state index >= 15 is 0 Å². The first-order chi connectivity index (χ1) is 14.5. The molecule has 0 N–H and O–H groups in total. The highest BCUT2D eigenvalue weighted by atomic mass is 35.5. The van der Waals surface area contributed by atoms with Gasteiger partial charge < -0.3 is 14.1 Å². The largest absolute Gasteiger partial charge is 0.481 e. The summed E-state index contributed by atoms with van der Waals surface area (Å²) in [5.41, 5.74) is 1.24. The zero-order valence-electron chi connectivity index (χ0n) is 16.3. The number of aromatic nitrogens is 2. The minimum Gasteiger partial charge on any atom is -0.481 e. The summed E-state index contributed by atoms with van der Waals surface area (Å²) in [5.74, 6) is 1.06. The van der Waals surface area contributed by atoms with Crippen molar-refractivity contribution in [3.8, 4) is 23.3 Å². The molecule has 30 heavy (non-hydrogen) atoms. The summed E-state index contributed by atoms with van der Waals surface area (Å²) in [5, 5.41) is 17.8. The number of ether oxygens (including phenoxy) is 1. The molecular formula is C22H19ClN4O3. The van der Waals surface area contributed by atoms with Gasteiger partial charge in [-0.3, -0.25) is 4.79 Å². The van der Waals surface area contributed by atoms with E-state index in [1.165, 1.54) is 0 Å². The first-order valence-corrected chi connectivity index (χ1v) is 9.97. The zero-order chi connectivity index (χ0) is 21.1. The summed E-state index contributed by atoms with van der Waals surface area (Å²) in [6.07, 6.45) is 1.15. The van der Waals surface area contributed by atoms with Crippen molar-refractivity contribution in [3.05, 3.63) is 65.0 Å². The molecule has 0 saturated heterocycles. The second kappa shape index (κ2) is 8.56. The lowest BCUT2D eigenvalue weighted by Crippen LogP contribution is -2.41. The molecule has 4 rings (SSSR count). The van der Waals surface area contributed by atoms with Crippen molar-refractivity contribution < 1.29 is 13.9 Å². The molecule has 152 valence electrons. The van der Waals surface area contributed by atoms with Crippen LogP contribution >= 0.6 is 11.6 Å². The molecule has 1 amide bonds. The average molecular weight is 423 g/mol. The fourth-order valence-corrected chi connectivity index (χ4v) is 3.20. The Bertz CT molecular complexity index is 1090. The van der Waals surface area contributed by atoms with Crippen LogP contribution in [0.2, 0.25) is 5.02 Å². The quantitative estimate of drug-likeness (QED) is 0.566. The molecule has 1 aliphatic carbocycles. The number of nitriles is 1. The number of nitrogens with zero attached hydrogens (tertiary/aromatic N) is 4. The Labute approximate surface area is 178 Å². The summed E-state index contributed by atoms with van der Waals surface area (Å²) in [7, 11) is 0. The summed E-state index contributed by atoms with van der Waals surface area (Å²) in [6.45, 7) is 1.92. The number of carbonyl (C=O) groups excluding carboxylic acids is 1. The molecule has 2 aromatic carbocycles. The molecule has 1 aliphatic rings. The summed E-state index contributed by atoms with van der Waals surface area (Å²) in [6, 6.07) is 16.0. The highest BCUT2D eigenvalue weighted by Gasteiger charge is 2.36. The van der Waals surface area contributed by atoms with Crippen molar-refractivity contribution in [2.75, 3.05) is 0 Å². The molecule has 0 bridgehead atoms. The Balaban J connectivity index is 1.45. The van der Waals surface area contributed by atoms with Crippen LogP contribution in [0, 0.1) is 11.3 Å². The molecule has 0 aliphatic heterocycles. The third kappa shape index (κ3) is 4.61. The Morgan fingerprint density at radius 1 is 1.30 bits per heavy atom. The van der Waals surface area contributed by atoms with Crippen molar-refractivity contribution in [2.24, 2.45) is 0 Å². The molecule has 1 unspecified atom stereocenters. The number of hydrogen-bond acceptors (Lipinski definition) is 6. The van der Waals surface area contributed by atoms with Crippen LogP contribution in [0.3, 0.4) is 0 Å². The van der Waals surface area contributed by atoms with E-state index in [1.807, 2.05) is 0 Å². The molecule has 8 heteroatoms. The molecule has 1 heterocycles. The van der Waals surface area contributed by atoms with E-state index in [-0.39, 0.29) is 18.5 Å². The Morgan fingerprint density at radius 2 is 2.07 bits per heavy atom. The van der Waals surface area contributed by atoms with Crippen molar-refractivity contribution in [1.29, 1.82) is 5.26 Å². The molecule has 1 aromatic heterocycles. The zero-order valence-corrected chi connectivity index (χ0v) is 17.0. The predicted octanol–water partition coefficient (Wildman–Crippen LogP) is 4.22. The van der Waals surface area contributed by atoms with Gasteiger partial charge >= 0.3 is 0 Å². The summed E-state index contributed by atoms with van der Waals surface area (Å²) < 4.78 is 11.5. The van der Waals surface area contributed by atoms with E-state index in [4.69, 9.17) is 26.0 Å². The van der Waals surface area contributed by atoms with Gasteiger partial charge in [-0.2, -0.15) is 5.26 Å². The van der Waals surface area contributed by atoms with Gasteiger partial charge in [0.25, 0.3) is 5.91 Å². The maximum absolute atomic E-state index is 13.0. The summed E-state index contributed by atoms with van der Waals surface area (Å²) in [4.78, 5) is 14.8. The van der Waals surface area contributed by atoms with Gasteiger partial charge in [0.05, 0.1) is 18.2 Å². The third-order valence-corrected chi connectivity index (χ3v) is 5.01. The molecule has 1 atom stereocenters. The SMILES string of the molecule is CC(Oc1cccc(C#N)c1)C(=O)N(Cc1nnc(-c2ccc(Cl)cc2)o1)C1CC1. The van der Waals surface area contributed by atoms with E-state index in [2.05, 4.69) is 16.3 Å². The van der Waals surface area contributed by atoms with Crippen LogP contribution in [-0.4, -0.2) is 33.2 Å². The van der Waals surface area contributed by atoms with E-state index in [9.17, 15) is 4.79 Å². The first kappa shape index (κ1) is 19.9. The maximum Gasteiger partial charge on any atom is 0.264 e. The van der Waals surface area contributed by atoms with Gasteiger partial charge in [-0.1, -0.05) is 17.7 Å². The summed E-state index contributed by atoms with van der Waals surface area (Å²) >= 11 is 5.92. The van der Waals surface area contributed by atoms with Crippen molar-refractivity contribution in [3.63, 3.8) is 0 Å². The highest BCUT2D eigenvalue weighted by Crippen LogP contribution is 2.30. The average Bonchev–Trinajstić information content (AvgIpc) is 3.50. The second-order valence-electron chi connectivity index (χ2n) is 7.10. The fraction of sp³-hybridized carbons (Fsp3) is 0.273. The molecule has 0 radical (unpaired) electrons. The normalized spacial score (nSPS) is 14.0. The van der Waals surface area contributed by atoms with Crippen molar-refractivity contribution in [1.82, 2.24) is 15.1 Å². The Morgan fingerprint density at radius 3 is 2.77 bits per heavy atom. The third-order valence-electron chi connectivity index (χ3n) is 4.76. The molecule has 0 spiro atoms. The number of hydrogen-bond donors (Lipinski definition) is 0. The number of carbonyl (C=O) groups is 1. The van der Waals surface area contributed by atoms with Crippen LogP contribution < -0.4 is 4.74 Å².